The number of hydrogen-bond donors (Lipinski definition) is 3. The molecule has 16 heavy (non-hydrogen) atoms. The van der Waals surface area contributed by atoms with E-state index in [1.54, 1.807) is 0 Å². The minimum Gasteiger partial charge on any atom is -0.477 e. The van der Waals surface area contributed by atoms with Crippen LogP contribution >= 0.6 is 0 Å². The van der Waals surface area contributed by atoms with E-state index < -0.39 is 10.9 Å². The van der Waals surface area contributed by atoms with Gasteiger partial charge in [0, 0.05) is 12.6 Å². The molecule has 0 amide bonds. The number of anilines is 1. The molecule has 0 saturated carbocycles. The Hall–Kier alpha value is -2.22. The number of aliphatic hydroxyl groups excluding tert-OH is 1. The van der Waals surface area contributed by atoms with Gasteiger partial charge in [-0.3, -0.25) is 10.1 Å². The first-order chi connectivity index (χ1) is 7.56. The normalized spacial score (nSPS) is 9.81. The fraction of sp³-hybridized carbons (Fsp3) is 0.250. The molecule has 0 aromatic carbocycles. The largest absolute Gasteiger partial charge is 0.477 e. The summed E-state index contributed by atoms with van der Waals surface area (Å²) >= 11 is 0. The van der Waals surface area contributed by atoms with Gasteiger partial charge in [-0.15, -0.1) is 0 Å². The van der Waals surface area contributed by atoms with Crippen LogP contribution in [0.1, 0.15) is 10.5 Å². The van der Waals surface area contributed by atoms with Crippen molar-refractivity contribution in [3.05, 3.63) is 27.9 Å². The Kier molecular flexibility index (Phi) is 3.72. The first-order valence-electron chi connectivity index (χ1n) is 4.29. The molecule has 0 spiro atoms. The lowest BCUT2D eigenvalue weighted by Crippen LogP contribution is -2.11. The molecule has 0 aliphatic carbocycles. The first kappa shape index (κ1) is 11.9. The number of aromatic nitrogens is 1. The summed E-state index contributed by atoms with van der Waals surface area (Å²) in [7, 11) is 0. The second-order valence-electron chi connectivity index (χ2n) is 2.78. The van der Waals surface area contributed by atoms with E-state index in [2.05, 4.69) is 10.3 Å². The highest BCUT2D eigenvalue weighted by atomic mass is 16.6. The molecule has 8 nitrogen and oxygen atoms in total. The molecule has 1 heterocycles. The lowest BCUT2D eigenvalue weighted by Gasteiger charge is -2.04. The van der Waals surface area contributed by atoms with Crippen LogP contribution in [0, 0.1) is 10.1 Å². The van der Waals surface area contributed by atoms with Gasteiger partial charge in [-0.2, -0.15) is 0 Å². The smallest absolute Gasteiger partial charge is 0.354 e. The van der Waals surface area contributed by atoms with Crippen LogP contribution in [0.2, 0.25) is 0 Å². The van der Waals surface area contributed by atoms with Gasteiger partial charge in [-0.05, 0) is 6.07 Å². The highest BCUT2D eigenvalue weighted by molar-refractivity contribution is 5.86. The molecule has 0 saturated heterocycles. The topological polar surface area (TPSA) is 126 Å². The van der Waals surface area contributed by atoms with Crippen molar-refractivity contribution < 1.29 is 19.9 Å². The summed E-state index contributed by atoms with van der Waals surface area (Å²) in [5.41, 5.74) is -0.635. The Morgan fingerprint density at radius 1 is 1.56 bits per heavy atom. The van der Waals surface area contributed by atoms with Gasteiger partial charge in [0.25, 0.3) is 0 Å². The average molecular weight is 227 g/mol. The molecule has 0 atom stereocenters. The molecule has 1 aromatic heterocycles. The van der Waals surface area contributed by atoms with E-state index in [0.29, 0.717) is 0 Å². The van der Waals surface area contributed by atoms with Gasteiger partial charge >= 0.3 is 11.7 Å². The SMILES string of the molecule is O=C(O)c1ccc([N+](=O)[O-])c(NCCO)n1. The van der Waals surface area contributed by atoms with Crippen LogP contribution < -0.4 is 5.32 Å². The van der Waals surface area contributed by atoms with Gasteiger partial charge in [0.2, 0.25) is 5.82 Å². The van der Waals surface area contributed by atoms with Crippen molar-refractivity contribution in [1.82, 2.24) is 4.98 Å². The van der Waals surface area contributed by atoms with E-state index in [9.17, 15) is 14.9 Å². The lowest BCUT2D eigenvalue weighted by molar-refractivity contribution is -0.384. The zero-order valence-electron chi connectivity index (χ0n) is 8.08. The third-order valence-electron chi connectivity index (χ3n) is 1.69. The van der Waals surface area contributed by atoms with Gasteiger partial charge in [0.1, 0.15) is 0 Å². The molecule has 0 bridgehead atoms. The van der Waals surface area contributed by atoms with Crippen LogP contribution in [-0.4, -0.2) is 39.2 Å². The lowest BCUT2D eigenvalue weighted by atomic mass is 10.3. The highest BCUT2D eigenvalue weighted by Gasteiger charge is 2.17. The van der Waals surface area contributed by atoms with Crippen molar-refractivity contribution in [3.8, 4) is 0 Å². The van der Waals surface area contributed by atoms with Gasteiger partial charge in [-0.1, -0.05) is 0 Å². The number of pyridine rings is 1. The van der Waals surface area contributed by atoms with Crippen LogP contribution in [0.15, 0.2) is 12.1 Å². The summed E-state index contributed by atoms with van der Waals surface area (Å²) < 4.78 is 0. The van der Waals surface area contributed by atoms with E-state index >= 15 is 0 Å². The Balaban J connectivity index is 3.10. The predicted molar refractivity (Wildman–Crippen MR) is 53.4 cm³/mol. The van der Waals surface area contributed by atoms with Crippen LogP contribution in [0.3, 0.4) is 0 Å². The maximum absolute atomic E-state index is 10.6. The van der Waals surface area contributed by atoms with Crippen molar-refractivity contribution >= 4 is 17.5 Å². The van der Waals surface area contributed by atoms with Crippen LogP contribution in [-0.2, 0) is 0 Å². The summed E-state index contributed by atoms with van der Waals surface area (Å²) in [6.45, 7) is -0.187. The Morgan fingerprint density at radius 3 is 2.75 bits per heavy atom. The van der Waals surface area contributed by atoms with E-state index in [1.165, 1.54) is 0 Å². The number of carboxylic acids is 1. The van der Waals surface area contributed by atoms with Gasteiger partial charge in [-0.25, -0.2) is 9.78 Å². The summed E-state index contributed by atoms with van der Waals surface area (Å²) in [4.78, 5) is 24.1. The number of carboxylic acid groups (broad SMARTS) is 1. The maximum Gasteiger partial charge on any atom is 0.354 e. The van der Waals surface area contributed by atoms with Crippen molar-refractivity contribution in [1.29, 1.82) is 0 Å². The number of carbonyl (C=O) groups is 1. The minimum absolute atomic E-state index is 0.0525. The molecule has 1 rings (SSSR count). The van der Waals surface area contributed by atoms with Gasteiger partial charge in [0.15, 0.2) is 5.69 Å². The van der Waals surface area contributed by atoms with Crippen LogP contribution in [0.5, 0.6) is 0 Å². The van der Waals surface area contributed by atoms with Crippen molar-refractivity contribution in [2.75, 3.05) is 18.5 Å². The van der Waals surface area contributed by atoms with Crippen molar-refractivity contribution in [2.45, 2.75) is 0 Å². The van der Waals surface area contributed by atoms with E-state index in [1.807, 2.05) is 0 Å². The molecule has 86 valence electrons. The maximum atomic E-state index is 10.6. The Morgan fingerprint density at radius 2 is 2.25 bits per heavy atom. The van der Waals surface area contributed by atoms with E-state index in [-0.39, 0.29) is 30.4 Å². The van der Waals surface area contributed by atoms with Gasteiger partial charge < -0.3 is 15.5 Å². The number of aliphatic hydroxyl groups is 1. The predicted octanol–water partition coefficient (Wildman–Crippen LogP) is 0.0922. The summed E-state index contributed by atoms with van der Waals surface area (Å²) in [5, 5.41) is 30.3. The van der Waals surface area contributed by atoms with Crippen LogP contribution in [0.4, 0.5) is 11.5 Å². The highest BCUT2D eigenvalue weighted by Crippen LogP contribution is 2.21. The first-order valence-corrected chi connectivity index (χ1v) is 4.29. The fourth-order valence-corrected chi connectivity index (χ4v) is 1.02. The summed E-state index contributed by atoms with van der Waals surface area (Å²) in [6.07, 6.45) is 0. The summed E-state index contributed by atoms with van der Waals surface area (Å²) in [5.74, 6) is -1.44. The zero-order valence-corrected chi connectivity index (χ0v) is 8.08. The fourth-order valence-electron chi connectivity index (χ4n) is 1.02. The molecule has 3 N–H and O–H groups in total. The molecule has 0 aliphatic rings. The molecule has 0 aliphatic heterocycles. The number of aromatic carboxylic acids is 1. The van der Waals surface area contributed by atoms with Gasteiger partial charge in [0.05, 0.1) is 11.5 Å². The molecule has 0 fully saturated rings. The second-order valence-corrected chi connectivity index (χ2v) is 2.78. The molecule has 0 radical (unpaired) electrons. The molecule has 0 unspecified atom stereocenters. The second kappa shape index (κ2) is 5.03. The number of nitro groups is 1. The summed E-state index contributed by atoms with van der Waals surface area (Å²) in [6, 6.07) is 2.10. The number of nitrogens with one attached hydrogen (secondary N) is 1. The molecular weight excluding hydrogens is 218 g/mol. The third-order valence-corrected chi connectivity index (χ3v) is 1.69. The zero-order chi connectivity index (χ0) is 12.1. The number of nitrogens with zero attached hydrogens (tertiary/aromatic N) is 2. The Bertz CT molecular complexity index is 420. The van der Waals surface area contributed by atoms with Crippen molar-refractivity contribution in [3.63, 3.8) is 0 Å². The van der Waals surface area contributed by atoms with Crippen LogP contribution in [0.25, 0.3) is 0 Å². The molecular formula is C8H9N3O5. The monoisotopic (exact) mass is 227 g/mol. The molecule has 8 heteroatoms. The number of rotatable bonds is 5. The molecule has 1 aromatic rings. The average Bonchev–Trinajstić information content (AvgIpc) is 2.25. The standard InChI is InChI=1S/C8H9N3O5/c12-4-3-9-7-6(11(15)16)2-1-5(10-7)8(13)14/h1-2,12H,3-4H2,(H,9,10)(H,13,14). The Labute approximate surface area is 89.7 Å². The van der Waals surface area contributed by atoms with E-state index in [4.69, 9.17) is 10.2 Å². The van der Waals surface area contributed by atoms with E-state index in [0.717, 1.165) is 12.1 Å². The quantitative estimate of drug-likeness (QED) is 0.480. The number of hydrogen-bond acceptors (Lipinski definition) is 6. The minimum atomic E-state index is -1.28. The van der Waals surface area contributed by atoms with Crippen molar-refractivity contribution in [2.24, 2.45) is 0 Å². The third kappa shape index (κ3) is 2.64.